The molecule has 1 amide bonds. The molecule has 0 bridgehead atoms. The zero-order valence-electron chi connectivity index (χ0n) is 8.68. The number of carbonyl (C=O) groups is 1. The van der Waals surface area contributed by atoms with Gasteiger partial charge in [0.25, 0.3) is 5.91 Å². The number of thiophene rings is 1. The second-order valence-corrected chi connectivity index (χ2v) is 4.58. The molecule has 0 radical (unpaired) electrons. The summed E-state index contributed by atoms with van der Waals surface area (Å²) in [5.41, 5.74) is 7.02. The van der Waals surface area contributed by atoms with Crippen molar-refractivity contribution >= 4 is 27.5 Å². The Labute approximate surface area is 100 Å². The highest BCUT2D eigenvalue weighted by atomic mass is 32.1. The maximum atomic E-state index is 11.1. The first-order valence-electron chi connectivity index (χ1n) is 4.94. The molecule has 0 saturated heterocycles. The van der Waals surface area contributed by atoms with E-state index in [9.17, 15) is 4.79 Å². The van der Waals surface area contributed by atoms with Crippen LogP contribution in [0.2, 0.25) is 0 Å². The number of H-pyrrole nitrogens is 1. The van der Waals surface area contributed by atoms with Crippen LogP contribution in [0.15, 0.2) is 30.6 Å². The molecule has 3 aromatic rings. The molecule has 0 saturated carbocycles. The molecule has 3 N–H and O–H groups in total. The van der Waals surface area contributed by atoms with Gasteiger partial charge in [-0.1, -0.05) is 0 Å². The van der Waals surface area contributed by atoms with E-state index in [4.69, 9.17) is 5.73 Å². The number of primary amides is 1. The predicted molar refractivity (Wildman–Crippen MR) is 65.7 cm³/mol. The fourth-order valence-corrected chi connectivity index (χ4v) is 2.52. The summed E-state index contributed by atoms with van der Waals surface area (Å²) < 4.78 is 0. The zero-order chi connectivity index (χ0) is 11.8. The van der Waals surface area contributed by atoms with Crippen LogP contribution in [0.25, 0.3) is 21.5 Å². The summed E-state index contributed by atoms with van der Waals surface area (Å²) in [5.74, 6) is -0.416. The van der Waals surface area contributed by atoms with E-state index in [0.29, 0.717) is 4.88 Å². The molecule has 0 aromatic carbocycles. The highest BCUT2D eigenvalue weighted by molar-refractivity contribution is 7.20. The summed E-state index contributed by atoms with van der Waals surface area (Å²) >= 11 is 1.31. The second-order valence-electron chi connectivity index (χ2n) is 3.53. The Kier molecular flexibility index (Phi) is 2.15. The summed E-state index contributed by atoms with van der Waals surface area (Å²) in [7, 11) is 0. The molecule has 5 nitrogen and oxygen atoms in total. The van der Waals surface area contributed by atoms with E-state index in [1.165, 1.54) is 11.3 Å². The molecule has 6 heteroatoms. The molecule has 84 valence electrons. The second kappa shape index (κ2) is 3.67. The number of fused-ring (bicyclic) bond motifs is 1. The van der Waals surface area contributed by atoms with Crippen molar-refractivity contribution in [1.82, 2.24) is 15.2 Å². The molecule has 0 unspecified atom stereocenters. The van der Waals surface area contributed by atoms with E-state index in [-0.39, 0.29) is 0 Å². The van der Waals surface area contributed by atoms with E-state index in [1.54, 1.807) is 18.5 Å². The maximum Gasteiger partial charge on any atom is 0.258 e. The molecule has 0 fully saturated rings. The number of rotatable bonds is 2. The predicted octanol–water partition coefficient (Wildman–Crippen LogP) is 1.79. The minimum absolute atomic E-state index is 0.416. The number of nitrogens with one attached hydrogen (secondary N) is 1. The summed E-state index contributed by atoms with van der Waals surface area (Å²) in [6.07, 6.45) is 3.41. The number of amides is 1. The Morgan fingerprint density at radius 1 is 1.35 bits per heavy atom. The van der Waals surface area contributed by atoms with E-state index in [0.717, 1.165) is 21.5 Å². The third-order valence-electron chi connectivity index (χ3n) is 2.45. The monoisotopic (exact) mass is 244 g/mol. The van der Waals surface area contributed by atoms with Crippen molar-refractivity contribution in [3.63, 3.8) is 0 Å². The molecular formula is C11H8N4OS. The number of hydrogen-bond donors (Lipinski definition) is 2. The van der Waals surface area contributed by atoms with Crippen LogP contribution in [0.3, 0.4) is 0 Å². The highest BCUT2D eigenvalue weighted by Gasteiger charge is 2.13. The van der Waals surface area contributed by atoms with Crippen LogP contribution in [0.4, 0.5) is 0 Å². The molecule has 0 atom stereocenters. The molecule has 0 aliphatic rings. The highest BCUT2D eigenvalue weighted by Crippen LogP contribution is 2.31. The van der Waals surface area contributed by atoms with Crippen molar-refractivity contribution in [2.75, 3.05) is 0 Å². The van der Waals surface area contributed by atoms with Crippen molar-refractivity contribution in [2.24, 2.45) is 5.73 Å². The maximum absolute atomic E-state index is 11.1. The third kappa shape index (κ3) is 1.58. The molecule has 3 rings (SSSR count). The molecule has 0 aliphatic carbocycles. The van der Waals surface area contributed by atoms with Gasteiger partial charge in [-0.25, -0.2) is 0 Å². The Morgan fingerprint density at radius 3 is 2.82 bits per heavy atom. The lowest BCUT2D eigenvalue weighted by Gasteiger charge is -1.94. The van der Waals surface area contributed by atoms with Gasteiger partial charge in [0.15, 0.2) is 0 Å². The molecule has 17 heavy (non-hydrogen) atoms. The van der Waals surface area contributed by atoms with Crippen LogP contribution in [-0.4, -0.2) is 21.1 Å². The largest absolute Gasteiger partial charge is 0.365 e. The summed E-state index contributed by atoms with van der Waals surface area (Å²) in [5, 5.41) is 8.05. The van der Waals surface area contributed by atoms with Gasteiger partial charge in [-0.05, 0) is 18.2 Å². The summed E-state index contributed by atoms with van der Waals surface area (Å²) in [6.45, 7) is 0. The SMILES string of the molecule is NC(=O)c1cc2c(-c3ccncc3)n[nH]c2s1. The van der Waals surface area contributed by atoms with E-state index in [2.05, 4.69) is 15.2 Å². The smallest absolute Gasteiger partial charge is 0.258 e. The minimum Gasteiger partial charge on any atom is -0.365 e. The molecule has 3 aromatic heterocycles. The van der Waals surface area contributed by atoms with Crippen LogP contribution < -0.4 is 5.73 Å². The van der Waals surface area contributed by atoms with Gasteiger partial charge in [0.1, 0.15) is 10.5 Å². The van der Waals surface area contributed by atoms with Gasteiger partial charge in [0, 0.05) is 23.3 Å². The van der Waals surface area contributed by atoms with Crippen LogP contribution in [0.5, 0.6) is 0 Å². The Bertz CT molecular complexity index is 686. The van der Waals surface area contributed by atoms with Gasteiger partial charge in [-0.15, -0.1) is 11.3 Å². The lowest BCUT2D eigenvalue weighted by atomic mass is 10.1. The summed E-state index contributed by atoms with van der Waals surface area (Å²) in [4.78, 5) is 16.4. The van der Waals surface area contributed by atoms with E-state index in [1.807, 2.05) is 12.1 Å². The lowest BCUT2D eigenvalue weighted by Crippen LogP contribution is -2.08. The van der Waals surface area contributed by atoms with Crippen LogP contribution in [0, 0.1) is 0 Å². The summed E-state index contributed by atoms with van der Waals surface area (Å²) in [6, 6.07) is 5.51. The first kappa shape index (κ1) is 9.98. The Hall–Kier alpha value is -2.21. The fourth-order valence-electron chi connectivity index (χ4n) is 1.67. The quantitative estimate of drug-likeness (QED) is 0.720. The van der Waals surface area contributed by atoms with Gasteiger partial charge in [-0.2, -0.15) is 5.10 Å². The van der Waals surface area contributed by atoms with Crippen molar-refractivity contribution in [2.45, 2.75) is 0 Å². The standard InChI is InChI=1S/C11H8N4OS/c12-10(16)8-5-7-9(14-15-11(7)17-8)6-1-3-13-4-2-6/h1-5H,(H2,12,16)(H,14,15). The van der Waals surface area contributed by atoms with Gasteiger partial charge in [0.2, 0.25) is 0 Å². The first-order chi connectivity index (χ1) is 8.25. The topological polar surface area (TPSA) is 84.7 Å². The van der Waals surface area contributed by atoms with Crippen LogP contribution in [-0.2, 0) is 0 Å². The average Bonchev–Trinajstić information content (AvgIpc) is 2.89. The van der Waals surface area contributed by atoms with Crippen LogP contribution in [0.1, 0.15) is 9.67 Å². The van der Waals surface area contributed by atoms with Crippen molar-refractivity contribution in [3.8, 4) is 11.3 Å². The average molecular weight is 244 g/mol. The third-order valence-corrected chi connectivity index (χ3v) is 3.51. The number of nitrogens with two attached hydrogens (primary N) is 1. The number of pyridine rings is 1. The molecular weight excluding hydrogens is 236 g/mol. The minimum atomic E-state index is -0.416. The Balaban J connectivity index is 2.21. The van der Waals surface area contributed by atoms with Crippen molar-refractivity contribution in [3.05, 3.63) is 35.5 Å². The zero-order valence-corrected chi connectivity index (χ0v) is 9.49. The van der Waals surface area contributed by atoms with Gasteiger partial charge in [0.05, 0.1) is 4.88 Å². The number of aromatic nitrogens is 3. The van der Waals surface area contributed by atoms with Crippen molar-refractivity contribution < 1.29 is 4.79 Å². The van der Waals surface area contributed by atoms with E-state index >= 15 is 0 Å². The first-order valence-corrected chi connectivity index (χ1v) is 5.75. The number of carbonyl (C=O) groups excluding carboxylic acids is 1. The molecule has 0 aliphatic heterocycles. The van der Waals surface area contributed by atoms with Gasteiger partial charge >= 0.3 is 0 Å². The molecule has 3 heterocycles. The number of nitrogens with zero attached hydrogens (tertiary/aromatic N) is 2. The van der Waals surface area contributed by atoms with Gasteiger partial charge in [-0.3, -0.25) is 14.9 Å². The fraction of sp³-hybridized carbons (Fsp3) is 0. The van der Waals surface area contributed by atoms with E-state index < -0.39 is 5.91 Å². The molecule has 0 spiro atoms. The van der Waals surface area contributed by atoms with Gasteiger partial charge < -0.3 is 5.73 Å². The lowest BCUT2D eigenvalue weighted by molar-refractivity contribution is 0.100. The van der Waals surface area contributed by atoms with Crippen molar-refractivity contribution in [1.29, 1.82) is 0 Å². The Morgan fingerprint density at radius 2 is 2.12 bits per heavy atom. The normalized spacial score (nSPS) is 10.8. The number of hydrogen-bond acceptors (Lipinski definition) is 4. The number of aromatic amines is 1. The van der Waals surface area contributed by atoms with Crippen LogP contribution >= 0.6 is 11.3 Å².